The molecule has 8 nitrogen and oxygen atoms in total. The number of imide groups is 2. The van der Waals surface area contributed by atoms with Gasteiger partial charge in [0.2, 0.25) is 0 Å². The van der Waals surface area contributed by atoms with Crippen LogP contribution in [0.1, 0.15) is 132 Å². The van der Waals surface area contributed by atoms with Gasteiger partial charge in [0.05, 0.1) is 42.6 Å². The third kappa shape index (κ3) is 7.42. The first-order valence-corrected chi connectivity index (χ1v) is 20.3. The van der Waals surface area contributed by atoms with E-state index < -0.39 is 23.6 Å². The van der Waals surface area contributed by atoms with Gasteiger partial charge in [-0.2, -0.15) is 0 Å². The van der Waals surface area contributed by atoms with Gasteiger partial charge in [0.1, 0.15) is 0 Å². The highest BCUT2D eigenvalue weighted by molar-refractivity contribution is 9.11. The van der Waals surface area contributed by atoms with E-state index in [9.17, 15) is 19.2 Å². The minimum absolute atomic E-state index is 0.253. The molecule has 0 spiro atoms. The summed E-state index contributed by atoms with van der Waals surface area (Å²) in [6.07, 6.45) is 12.0. The molecule has 0 aromatic heterocycles. The second kappa shape index (κ2) is 17.2. The van der Waals surface area contributed by atoms with Crippen LogP contribution in [-0.2, 0) is 0 Å². The van der Waals surface area contributed by atoms with Crippen molar-refractivity contribution in [3.63, 3.8) is 0 Å². The second-order valence-corrected chi connectivity index (χ2v) is 15.3. The van der Waals surface area contributed by atoms with Gasteiger partial charge >= 0.3 is 0 Å². The zero-order valence-electron chi connectivity index (χ0n) is 30.0. The maximum Gasteiger partial charge on any atom is 0.263 e. The predicted octanol–water partition coefficient (Wildman–Crippen LogP) is 11.8. The highest BCUT2D eigenvalue weighted by atomic mass is 79.9. The first kappa shape index (κ1) is 37.7. The molecule has 2 heterocycles. The average Bonchev–Trinajstić information content (AvgIpc) is 3.14. The van der Waals surface area contributed by atoms with Gasteiger partial charge in [-0.05, 0) is 69.0 Å². The number of hydrogen-bond acceptors (Lipinski definition) is 6. The van der Waals surface area contributed by atoms with Crippen LogP contribution in [0.25, 0.3) is 10.8 Å². The van der Waals surface area contributed by atoms with Crippen molar-refractivity contribution in [1.82, 2.24) is 9.80 Å². The number of anilines is 4. The lowest BCUT2D eigenvalue weighted by atomic mass is 9.83. The third-order valence-corrected chi connectivity index (χ3v) is 11.6. The maximum absolute atomic E-state index is 14.7. The molecule has 2 aliphatic rings. The van der Waals surface area contributed by atoms with Gasteiger partial charge in [0, 0.05) is 35.2 Å². The predicted molar refractivity (Wildman–Crippen MR) is 216 cm³/mol. The van der Waals surface area contributed by atoms with Crippen molar-refractivity contribution in [2.75, 3.05) is 23.7 Å². The highest BCUT2D eigenvalue weighted by Crippen LogP contribution is 2.52. The van der Waals surface area contributed by atoms with Crippen molar-refractivity contribution in [2.45, 2.75) is 90.9 Å². The Morgan fingerprint density at radius 1 is 0.462 bits per heavy atom. The van der Waals surface area contributed by atoms with E-state index in [0.717, 1.165) is 64.2 Å². The molecule has 2 aliphatic heterocycles. The van der Waals surface area contributed by atoms with Crippen LogP contribution in [-0.4, -0.2) is 46.5 Å². The molecule has 2 N–H and O–H groups in total. The minimum atomic E-state index is -0.454. The van der Waals surface area contributed by atoms with E-state index >= 15 is 0 Å². The topological polar surface area (TPSA) is 98.8 Å². The number of nitrogens with zero attached hydrogens (tertiary/aromatic N) is 2. The second-order valence-electron chi connectivity index (χ2n) is 13.7. The Labute approximate surface area is 323 Å². The number of nitrogens with one attached hydrogen (secondary N) is 2. The number of carbonyl (C=O) groups is 4. The van der Waals surface area contributed by atoms with Gasteiger partial charge < -0.3 is 10.6 Å². The van der Waals surface area contributed by atoms with E-state index in [4.69, 9.17) is 0 Å². The van der Waals surface area contributed by atoms with Crippen LogP contribution in [0.2, 0.25) is 0 Å². The van der Waals surface area contributed by atoms with Crippen molar-refractivity contribution in [3.05, 3.63) is 91.9 Å². The summed E-state index contributed by atoms with van der Waals surface area (Å²) in [4.78, 5) is 61.2. The summed E-state index contributed by atoms with van der Waals surface area (Å²) >= 11 is 7.53. The summed E-state index contributed by atoms with van der Waals surface area (Å²) in [5.74, 6) is -1.80. The van der Waals surface area contributed by atoms with Crippen LogP contribution < -0.4 is 10.6 Å². The number of carbonyl (C=O) groups excluding carboxylic acids is 4. The van der Waals surface area contributed by atoms with Crippen LogP contribution in [0.5, 0.6) is 0 Å². The van der Waals surface area contributed by atoms with Crippen molar-refractivity contribution >= 4 is 89.0 Å². The lowest BCUT2D eigenvalue weighted by Crippen LogP contribution is -2.45. The van der Waals surface area contributed by atoms with Gasteiger partial charge in [-0.25, -0.2) is 0 Å². The molecule has 0 fully saturated rings. The Hall–Kier alpha value is -4.02. The Bertz CT molecular complexity index is 1860. The van der Waals surface area contributed by atoms with Crippen LogP contribution >= 0.6 is 31.9 Å². The summed E-state index contributed by atoms with van der Waals surface area (Å²) < 4.78 is 0.767. The number of benzene rings is 4. The number of halogens is 2. The Kier molecular flexibility index (Phi) is 12.5. The van der Waals surface area contributed by atoms with Gasteiger partial charge in [-0.3, -0.25) is 29.0 Å². The molecular formula is C42H46Br2N4O4. The molecule has 0 atom stereocenters. The zero-order valence-corrected chi connectivity index (χ0v) is 33.1. The first-order chi connectivity index (χ1) is 25.3. The van der Waals surface area contributed by atoms with Crippen molar-refractivity contribution in [2.24, 2.45) is 0 Å². The average molecular weight is 831 g/mol. The fourth-order valence-electron chi connectivity index (χ4n) is 7.32. The minimum Gasteiger partial charge on any atom is -0.354 e. The molecule has 0 saturated heterocycles. The van der Waals surface area contributed by atoms with Gasteiger partial charge in [-0.15, -0.1) is 0 Å². The molecular weight excluding hydrogens is 784 g/mol. The van der Waals surface area contributed by atoms with E-state index in [-0.39, 0.29) is 35.3 Å². The Balaban J connectivity index is 1.56. The largest absolute Gasteiger partial charge is 0.354 e. The van der Waals surface area contributed by atoms with Gasteiger partial charge in [-0.1, -0.05) is 114 Å². The Morgan fingerprint density at radius 2 is 0.788 bits per heavy atom. The summed E-state index contributed by atoms with van der Waals surface area (Å²) in [5.41, 5.74) is 3.23. The molecule has 0 unspecified atom stereocenters. The summed E-state index contributed by atoms with van der Waals surface area (Å²) in [7, 11) is 0. The van der Waals surface area contributed by atoms with Crippen LogP contribution in [0, 0.1) is 0 Å². The molecule has 0 bridgehead atoms. The van der Waals surface area contributed by atoms with Gasteiger partial charge in [0.15, 0.2) is 0 Å². The fraction of sp³-hybridized carbons (Fsp3) is 0.381. The fourth-order valence-corrected chi connectivity index (χ4v) is 8.65. The molecule has 4 aromatic carbocycles. The molecule has 0 radical (unpaired) electrons. The number of hydrogen-bond donors (Lipinski definition) is 2. The number of rotatable bonds is 18. The molecule has 52 heavy (non-hydrogen) atoms. The van der Waals surface area contributed by atoms with Crippen LogP contribution in [0.3, 0.4) is 0 Å². The van der Waals surface area contributed by atoms with Crippen LogP contribution in [0.15, 0.2) is 69.6 Å². The summed E-state index contributed by atoms with van der Waals surface area (Å²) in [5, 5.41) is 7.48. The first-order valence-electron chi connectivity index (χ1n) is 18.7. The summed E-state index contributed by atoms with van der Waals surface area (Å²) in [6.45, 7) is 4.86. The molecule has 0 saturated carbocycles. The number of amides is 4. The number of unbranched alkanes of at least 4 members (excludes halogenated alkanes) is 10. The highest BCUT2D eigenvalue weighted by Gasteiger charge is 2.45. The van der Waals surface area contributed by atoms with E-state index in [1.807, 2.05) is 60.7 Å². The molecule has 10 heteroatoms. The van der Waals surface area contributed by atoms with Crippen molar-refractivity contribution in [1.29, 1.82) is 0 Å². The van der Waals surface area contributed by atoms with E-state index in [1.165, 1.54) is 9.80 Å². The normalized spacial score (nSPS) is 13.8. The molecule has 272 valence electrons. The quantitative estimate of drug-likeness (QED) is 0.0765. The number of para-hydroxylation sites is 2. The van der Waals surface area contributed by atoms with E-state index in [2.05, 4.69) is 56.3 Å². The van der Waals surface area contributed by atoms with Crippen LogP contribution in [0.4, 0.5) is 22.7 Å². The molecule has 6 rings (SSSR count). The van der Waals surface area contributed by atoms with E-state index in [0.29, 0.717) is 55.3 Å². The van der Waals surface area contributed by atoms with Crippen molar-refractivity contribution in [3.8, 4) is 0 Å². The smallest absolute Gasteiger partial charge is 0.263 e. The lowest BCUT2D eigenvalue weighted by molar-refractivity contribution is 0.0586. The molecule has 4 aromatic rings. The zero-order chi connectivity index (χ0) is 36.8. The lowest BCUT2D eigenvalue weighted by Gasteiger charge is -2.36. The Morgan fingerprint density at radius 3 is 1.17 bits per heavy atom. The third-order valence-electron chi connectivity index (χ3n) is 10.0. The monoisotopic (exact) mass is 828 g/mol. The van der Waals surface area contributed by atoms with Crippen molar-refractivity contribution < 1.29 is 19.2 Å². The van der Waals surface area contributed by atoms with Gasteiger partial charge in [0.25, 0.3) is 23.6 Å². The molecule has 4 amide bonds. The SMILES string of the molecule is CCCCCCCCN1C(=O)c2c(Br)c(Nc3ccccc3)c3c4c(c(Nc5ccccc5)c(Br)c(c24)C1=O)C(=O)N(CCCCCCCC)C3=O. The van der Waals surface area contributed by atoms with E-state index in [1.54, 1.807) is 0 Å². The maximum atomic E-state index is 14.7. The standard InChI is InChI=1S/C42H46Br2N4O4/c1-3-5-7-9-11-19-25-47-39(49)31-29-30-33(37(35(31)43)45-27-21-15-13-16-22-27)41(51)48(26-20-12-10-8-6-4-2)42(52)34(30)38(36(44)32(29)40(47)50)46-28-23-17-14-18-24-28/h13-18,21-24,45-46H,3-12,19-20,25-26H2,1-2H3. The molecule has 0 aliphatic carbocycles. The summed E-state index contributed by atoms with van der Waals surface area (Å²) in [6, 6.07) is 18.9.